The van der Waals surface area contributed by atoms with Crippen LogP contribution in [0.4, 0.5) is 3.89 Å². The van der Waals surface area contributed by atoms with E-state index in [4.69, 9.17) is 0 Å². The fourth-order valence-electron chi connectivity index (χ4n) is 0.935. The summed E-state index contributed by atoms with van der Waals surface area (Å²) in [7, 11) is -3.75. The zero-order valence-electron chi connectivity index (χ0n) is 7.40. The molecule has 0 radical (unpaired) electrons. The molecule has 1 rings (SSSR count). The minimum Gasteiger partial charge on any atom is -0.463 e. The van der Waals surface area contributed by atoms with Crippen LogP contribution in [0.5, 0.6) is 0 Å². The highest BCUT2D eigenvalue weighted by Gasteiger charge is 2.25. The lowest BCUT2D eigenvalue weighted by Gasteiger charge is -1.95. The van der Waals surface area contributed by atoms with Crippen molar-refractivity contribution in [1.82, 2.24) is 0 Å². The molecular formula is C7H7FO5S. The van der Waals surface area contributed by atoms with Crippen LogP contribution in [-0.4, -0.2) is 21.5 Å². The van der Waals surface area contributed by atoms with Crippen LogP contribution in [0.2, 0.25) is 0 Å². The monoisotopic (exact) mass is 222 g/mol. The van der Waals surface area contributed by atoms with Crippen LogP contribution >= 0.6 is 0 Å². The number of ether oxygens (including phenoxy) is 1. The molecule has 1 aromatic rings. The number of furan rings is 1. The van der Waals surface area contributed by atoms with E-state index in [0.29, 0.717) is 6.26 Å². The van der Waals surface area contributed by atoms with E-state index in [9.17, 15) is 17.1 Å². The molecule has 0 aliphatic rings. The number of esters is 1. The smallest absolute Gasteiger partial charge is 0.374 e. The Labute approximate surface area is 79.7 Å². The predicted molar refractivity (Wildman–Crippen MR) is 43.1 cm³/mol. The zero-order valence-corrected chi connectivity index (χ0v) is 8.22. The van der Waals surface area contributed by atoms with Crippen molar-refractivity contribution in [3.05, 3.63) is 17.6 Å². The van der Waals surface area contributed by atoms with Crippen LogP contribution in [-0.2, 0) is 15.0 Å². The first-order valence-corrected chi connectivity index (χ1v) is 4.87. The number of carbonyl (C=O) groups excluding carboxylic acids is 1. The predicted octanol–water partition coefficient (Wildman–Crippen LogP) is 1.03. The summed E-state index contributed by atoms with van der Waals surface area (Å²) in [4.78, 5) is 10.3. The summed E-state index contributed by atoms with van der Waals surface area (Å²) in [6.45, 7) is 1.25. The summed E-state index contributed by atoms with van der Waals surface area (Å²) in [5.41, 5.74) is -0.0978. The molecule has 7 heteroatoms. The molecule has 0 unspecified atom stereocenters. The largest absolute Gasteiger partial charge is 0.463 e. The lowest BCUT2D eigenvalue weighted by atomic mass is 10.3. The minimum atomic E-state index is -4.86. The highest BCUT2D eigenvalue weighted by Crippen LogP contribution is 2.23. The summed E-state index contributed by atoms with van der Waals surface area (Å²) in [5, 5.41) is 0. The molecule has 0 atom stereocenters. The Morgan fingerprint density at radius 3 is 2.50 bits per heavy atom. The fourth-order valence-corrected chi connectivity index (χ4v) is 1.56. The molecule has 0 saturated carbocycles. The van der Waals surface area contributed by atoms with Gasteiger partial charge in [0, 0.05) is 5.56 Å². The Kier molecular flexibility index (Phi) is 2.61. The molecule has 0 amide bonds. The van der Waals surface area contributed by atoms with Crippen molar-refractivity contribution in [3.8, 4) is 0 Å². The van der Waals surface area contributed by atoms with Gasteiger partial charge in [-0.3, -0.25) is 0 Å². The van der Waals surface area contributed by atoms with Crippen molar-refractivity contribution in [2.24, 2.45) is 0 Å². The summed E-state index contributed by atoms with van der Waals surface area (Å²) < 4.78 is 42.4. The van der Waals surface area contributed by atoms with Gasteiger partial charge in [-0.1, -0.05) is 0 Å². The Morgan fingerprint density at radius 2 is 2.14 bits per heavy atom. The summed E-state index contributed by atoms with van der Waals surface area (Å²) in [5.74, 6) is -1.17. The van der Waals surface area contributed by atoms with Crippen LogP contribution < -0.4 is 0 Å². The van der Waals surface area contributed by atoms with Gasteiger partial charge in [-0.25, -0.2) is 4.79 Å². The third-order valence-electron chi connectivity index (χ3n) is 1.63. The molecular weight excluding hydrogens is 215 g/mol. The van der Waals surface area contributed by atoms with Gasteiger partial charge in [0.1, 0.15) is 11.2 Å². The van der Waals surface area contributed by atoms with Crippen LogP contribution in [0.25, 0.3) is 0 Å². The minimum absolute atomic E-state index is 0.0978. The van der Waals surface area contributed by atoms with Crippen molar-refractivity contribution < 1.29 is 26.3 Å². The van der Waals surface area contributed by atoms with Gasteiger partial charge in [0.15, 0.2) is 0 Å². The van der Waals surface area contributed by atoms with Crippen molar-refractivity contribution in [3.63, 3.8) is 0 Å². The molecule has 0 aliphatic carbocycles. The van der Waals surface area contributed by atoms with Crippen LogP contribution in [0.15, 0.2) is 15.6 Å². The lowest BCUT2D eigenvalue weighted by Crippen LogP contribution is -2.02. The topological polar surface area (TPSA) is 73.6 Å². The normalized spacial score (nSPS) is 11.4. The van der Waals surface area contributed by atoms with Gasteiger partial charge < -0.3 is 9.15 Å². The SMILES string of the molecule is COC(=O)c1occ(S(=O)(=O)F)c1C. The Bertz CT molecular complexity index is 458. The molecule has 0 aromatic carbocycles. The van der Waals surface area contributed by atoms with E-state index >= 15 is 0 Å². The summed E-state index contributed by atoms with van der Waals surface area (Å²) in [6, 6.07) is 0. The highest BCUT2D eigenvalue weighted by atomic mass is 32.3. The summed E-state index contributed by atoms with van der Waals surface area (Å²) in [6.07, 6.45) is 0.664. The van der Waals surface area contributed by atoms with Gasteiger partial charge in [-0.2, -0.15) is 8.42 Å². The highest BCUT2D eigenvalue weighted by molar-refractivity contribution is 7.86. The average molecular weight is 222 g/mol. The first-order chi connectivity index (χ1) is 6.38. The molecule has 0 fully saturated rings. The van der Waals surface area contributed by atoms with Crippen molar-refractivity contribution in [2.45, 2.75) is 11.8 Å². The third kappa shape index (κ3) is 1.77. The van der Waals surface area contributed by atoms with Gasteiger partial charge >= 0.3 is 16.2 Å². The molecule has 5 nitrogen and oxygen atoms in total. The van der Waals surface area contributed by atoms with Crippen LogP contribution in [0.3, 0.4) is 0 Å². The van der Waals surface area contributed by atoms with Gasteiger partial charge in [0.05, 0.1) is 7.11 Å². The van der Waals surface area contributed by atoms with Crippen LogP contribution in [0, 0.1) is 6.92 Å². The molecule has 0 N–H and O–H groups in total. The van der Waals surface area contributed by atoms with Crippen molar-refractivity contribution in [2.75, 3.05) is 7.11 Å². The van der Waals surface area contributed by atoms with E-state index in [1.165, 1.54) is 6.92 Å². The maximum absolute atomic E-state index is 12.5. The van der Waals surface area contributed by atoms with Crippen molar-refractivity contribution >= 4 is 16.2 Å². The quantitative estimate of drug-likeness (QED) is 0.552. The van der Waals surface area contributed by atoms with E-state index in [-0.39, 0.29) is 11.3 Å². The van der Waals surface area contributed by atoms with Crippen molar-refractivity contribution in [1.29, 1.82) is 0 Å². The van der Waals surface area contributed by atoms with Crippen LogP contribution in [0.1, 0.15) is 16.1 Å². The number of methoxy groups -OCH3 is 1. The Hall–Kier alpha value is -1.37. The molecule has 14 heavy (non-hydrogen) atoms. The molecule has 0 aliphatic heterocycles. The van der Waals surface area contributed by atoms with E-state index in [1.54, 1.807) is 0 Å². The van der Waals surface area contributed by atoms with Gasteiger partial charge in [-0.15, -0.1) is 3.89 Å². The van der Waals surface area contributed by atoms with Gasteiger partial charge in [-0.05, 0) is 6.92 Å². The summed E-state index contributed by atoms with van der Waals surface area (Å²) >= 11 is 0. The first kappa shape index (κ1) is 10.7. The molecule has 0 saturated heterocycles. The zero-order chi connectivity index (χ0) is 10.9. The lowest BCUT2D eigenvalue weighted by molar-refractivity contribution is 0.0564. The van der Waals surface area contributed by atoms with E-state index in [0.717, 1.165) is 7.11 Å². The molecule has 78 valence electrons. The average Bonchev–Trinajstić information content (AvgIpc) is 2.45. The number of rotatable bonds is 2. The Balaban J connectivity index is 3.29. The molecule has 0 bridgehead atoms. The maximum Gasteiger partial charge on any atom is 0.374 e. The number of carbonyl (C=O) groups is 1. The van der Waals surface area contributed by atoms with E-state index < -0.39 is 21.1 Å². The Morgan fingerprint density at radius 1 is 1.57 bits per heavy atom. The third-order valence-corrected chi connectivity index (χ3v) is 2.56. The first-order valence-electron chi connectivity index (χ1n) is 3.49. The number of halogens is 1. The molecule has 0 spiro atoms. The van der Waals surface area contributed by atoms with Gasteiger partial charge in [0.25, 0.3) is 0 Å². The standard InChI is InChI=1S/C7H7FO5S/c1-4-5(14(8,10)11)3-13-6(4)7(9)12-2/h3H,1-2H3. The van der Waals surface area contributed by atoms with Gasteiger partial charge in [0.2, 0.25) is 5.76 Å². The second kappa shape index (κ2) is 3.41. The number of hydrogen-bond acceptors (Lipinski definition) is 5. The second-order valence-electron chi connectivity index (χ2n) is 2.48. The van der Waals surface area contributed by atoms with E-state index in [1.807, 2.05) is 0 Å². The van der Waals surface area contributed by atoms with E-state index in [2.05, 4.69) is 9.15 Å². The number of hydrogen-bond donors (Lipinski definition) is 0. The maximum atomic E-state index is 12.5. The second-order valence-corrected chi connectivity index (χ2v) is 3.80. The fraction of sp³-hybridized carbons (Fsp3) is 0.286. The molecule has 1 aromatic heterocycles. The molecule has 1 heterocycles.